The van der Waals surface area contributed by atoms with Crippen LogP contribution in [0.2, 0.25) is 0 Å². The standard InChI is InChI=1S/C12H14N2O2S3/c1-8-14-10(7-17-8)11-4-5-12(18-11)19(15,16)13-6-9-2-3-9/h4-5,7,9,13H,2-3,6H2,1H3. The summed E-state index contributed by atoms with van der Waals surface area (Å²) in [6.45, 7) is 2.50. The Hall–Kier alpha value is -0.760. The van der Waals surface area contributed by atoms with Gasteiger partial charge in [-0.05, 0) is 37.8 Å². The number of aromatic nitrogens is 1. The molecule has 1 aliphatic rings. The number of nitrogens with zero attached hydrogens (tertiary/aromatic N) is 1. The van der Waals surface area contributed by atoms with E-state index in [0.717, 1.165) is 28.4 Å². The van der Waals surface area contributed by atoms with Crippen LogP contribution < -0.4 is 4.72 Å². The van der Waals surface area contributed by atoms with E-state index in [1.54, 1.807) is 17.4 Å². The van der Waals surface area contributed by atoms with Crippen molar-refractivity contribution in [1.82, 2.24) is 9.71 Å². The van der Waals surface area contributed by atoms with Gasteiger partial charge in [-0.1, -0.05) is 0 Å². The molecule has 1 saturated carbocycles. The molecule has 1 fully saturated rings. The van der Waals surface area contributed by atoms with Crippen molar-refractivity contribution in [2.45, 2.75) is 24.0 Å². The van der Waals surface area contributed by atoms with Gasteiger partial charge >= 0.3 is 0 Å². The highest BCUT2D eigenvalue weighted by molar-refractivity contribution is 7.91. The van der Waals surface area contributed by atoms with Gasteiger partial charge in [0, 0.05) is 11.9 Å². The third-order valence-electron chi connectivity index (χ3n) is 2.98. The quantitative estimate of drug-likeness (QED) is 0.923. The van der Waals surface area contributed by atoms with Crippen LogP contribution in [0.1, 0.15) is 17.8 Å². The van der Waals surface area contributed by atoms with Crippen LogP contribution in [0.25, 0.3) is 10.6 Å². The lowest BCUT2D eigenvalue weighted by Gasteiger charge is -2.02. The number of hydrogen-bond acceptors (Lipinski definition) is 5. The molecular formula is C12H14N2O2S3. The molecule has 4 nitrogen and oxygen atoms in total. The first-order chi connectivity index (χ1) is 9.04. The third kappa shape index (κ3) is 3.05. The van der Waals surface area contributed by atoms with Gasteiger partial charge in [0.2, 0.25) is 10.0 Å². The minimum Gasteiger partial charge on any atom is -0.241 e. The van der Waals surface area contributed by atoms with Crippen molar-refractivity contribution in [2.24, 2.45) is 5.92 Å². The average molecular weight is 314 g/mol. The number of thiazole rings is 1. The highest BCUT2D eigenvalue weighted by Crippen LogP contribution is 2.32. The summed E-state index contributed by atoms with van der Waals surface area (Å²) in [5.74, 6) is 0.537. The van der Waals surface area contributed by atoms with Crippen molar-refractivity contribution < 1.29 is 8.42 Å². The summed E-state index contributed by atoms with van der Waals surface area (Å²) in [4.78, 5) is 5.27. The van der Waals surface area contributed by atoms with Gasteiger partial charge in [-0.25, -0.2) is 18.1 Å². The molecule has 0 bridgehead atoms. The summed E-state index contributed by atoms with van der Waals surface area (Å²) in [7, 11) is -3.35. The molecule has 2 heterocycles. The summed E-state index contributed by atoms with van der Waals surface area (Å²) in [6.07, 6.45) is 2.27. The molecule has 7 heteroatoms. The average Bonchev–Trinajstić information content (AvgIpc) is 2.87. The van der Waals surface area contributed by atoms with Crippen molar-refractivity contribution in [3.05, 3.63) is 22.5 Å². The monoisotopic (exact) mass is 314 g/mol. The smallest absolute Gasteiger partial charge is 0.241 e. The lowest BCUT2D eigenvalue weighted by atomic mass is 10.4. The van der Waals surface area contributed by atoms with Gasteiger partial charge < -0.3 is 0 Å². The van der Waals surface area contributed by atoms with Crippen LogP contribution in [0.3, 0.4) is 0 Å². The fraction of sp³-hybridized carbons (Fsp3) is 0.417. The molecule has 2 aromatic rings. The number of rotatable bonds is 5. The van der Waals surface area contributed by atoms with Crippen LogP contribution in [0, 0.1) is 12.8 Å². The van der Waals surface area contributed by atoms with E-state index in [1.165, 1.54) is 11.3 Å². The first kappa shape index (κ1) is 13.2. The normalized spacial score (nSPS) is 15.8. The van der Waals surface area contributed by atoms with Gasteiger partial charge in [0.05, 0.1) is 15.6 Å². The molecule has 0 aromatic carbocycles. The van der Waals surface area contributed by atoms with Crippen LogP contribution in [-0.2, 0) is 10.0 Å². The van der Waals surface area contributed by atoms with E-state index in [9.17, 15) is 8.42 Å². The molecular weight excluding hydrogens is 300 g/mol. The zero-order chi connectivity index (χ0) is 13.5. The number of aryl methyl sites for hydroxylation is 1. The maximum absolute atomic E-state index is 12.1. The Kier molecular flexibility index (Phi) is 3.46. The van der Waals surface area contributed by atoms with Crippen molar-refractivity contribution in [3.8, 4) is 10.6 Å². The highest BCUT2D eigenvalue weighted by Gasteiger charge is 2.25. The fourth-order valence-corrected chi connectivity index (χ4v) is 4.81. The Morgan fingerprint density at radius 1 is 1.42 bits per heavy atom. The number of hydrogen-bond donors (Lipinski definition) is 1. The number of sulfonamides is 1. The predicted molar refractivity (Wildman–Crippen MR) is 78.1 cm³/mol. The molecule has 0 unspecified atom stereocenters. The van der Waals surface area contributed by atoms with Gasteiger partial charge in [0.1, 0.15) is 4.21 Å². The van der Waals surface area contributed by atoms with E-state index < -0.39 is 10.0 Å². The van der Waals surface area contributed by atoms with Crippen molar-refractivity contribution in [3.63, 3.8) is 0 Å². The second kappa shape index (κ2) is 4.97. The Bertz CT molecular complexity index is 683. The third-order valence-corrected chi connectivity index (χ3v) is 6.77. The van der Waals surface area contributed by atoms with E-state index in [4.69, 9.17) is 0 Å². The summed E-state index contributed by atoms with van der Waals surface area (Å²) < 4.78 is 27.2. The molecule has 3 rings (SSSR count). The van der Waals surface area contributed by atoms with Crippen LogP contribution in [-0.4, -0.2) is 19.9 Å². The molecule has 1 N–H and O–H groups in total. The molecule has 102 valence electrons. The van der Waals surface area contributed by atoms with Gasteiger partial charge in [-0.15, -0.1) is 22.7 Å². The van der Waals surface area contributed by atoms with Crippen LogP contribution in [0.5, 0.6) is 0 Å². The Labute approximate surface area is 120 Å². The SMILES string of the molecule is Cc1nc(-c2ccc(S(=O)(=O)NCC3CC3)s2)cs1. The van der Waals surface area contributed by atoms with Crippen LogP contribution >= 0.6 is 22.7 Å². The van der Waals surface area contributed by atoms with Crippen LogP contribution in [0.4, 0.5) is 0 Å². The van der Waals surface area contributed by atoms with E-state index in [-0.39, 0.29) is 0 Å². The molecule has 0 radical (unpaired) electrons. The maximum atomic E-state index is 12.1. The van der Waals surface area contributed by atoms with Crippen molar-refractivity contribution in [2.75, 3.05) is 6.54 Å². The zero-order valence-corrected chi connectivity index (χ0v) is 12.9. The second-order valence-corrected chi connectivity index (χ2v) is 8.81. The number of nitrogens with one attached hydrogen (secondary N) is 1. The van der Waals surface area contributed by atoms with Gasteiger partial charge in [-0.3, -0.25) is 0 Å². The molecule has 0 atom stereocenters. The first-order valence-electron chi connectivity index (χ1n) is 6.06. The van der Waals surface area contributed by atoms with E-state index in [0.29, 0.717) is 16.7 Å². The summed E-state index contributed by atoms with van der Waals surface area (Å²) >= 11 is 2.84. The fourth-order valence-electron chi connectivity index (χ4n) is 1.70. The predicted octanol–water partition coefficient (Wildman–Crippen LogP) is 2.87. The van der Waals surface area contributed by atoms with Gasteiger partial charge in [0.25, 0.3) is 0 Å². The molecule has 2 aromatic heterocycles. The zero-order valence-electron chi connectivity index (χ0n) is 10.4. The topological polar surface area (TPSA) is 59.1 Å². The Balaban J connectivity index is 1.79. The summed E-state index contributed by atoms with van der Waals surface area (Å²) in [6, 6.07) is 3.48. The van der Waals surface area contributed by atoms with E-state index in [1.807, 2.05) is 18.4 Å². The molecule has 0 aliphatic heterocycles. The molecule has 0 amide bonds. The summed E-state index contributed by atoms with van der Waals surface area (Å²) in [5.41, 5.74) is 0.858. The highest BCUT2D eigenvalue weighted by atomic mass is 32.2. The lowest BCUT2D eigenvalue weighted by Crippen LogP contribution is -2.24. The molecule has 0 spiro atoms. The molecule has 0 saturated heterocycles. The second-order valence-electron chi connectivity index (χ2n) is 4.67. The summed E-state index contributed by atoms with van der Waals surface area (Å²) in [5, 5.41) is 2.94. The number of thiophene rings is 1. The Morgan fingerprint density at radius 3 is 2.84 bits per heavy atom. The Morgan fingerprint density at radius 2 is 2.21 bits per heavy atom. The van der Waals surface area contributed by atoms with Gasteiger partial charge in [0.15, 0.2) is 0 Å². The van der Waals surface area contributed by atoms with Crippen LogP contribution in [0.15, 0.2) is 21.7 Å². The molecule has 1 aliphatic carbocycles. The lowest BCUT2D eigenvalue weighted by molar-refractivity contribution is 0.579. The first-order valence-corrected chi connectivity index (χ1v) is 9.24. The van der Waals surface area contributed by atoms with E-state index in [2.05, 4.69) is 9.71 Å². The van der Waals surface area contributed by atoms with E-state index >= 15 is 0 Å². The van der Waals surface area contributed by atoms with Crippen molar-refractivity contribution in [1.29, 1.82) is 0 Å². The maximum Gasteiger partial charge on any atom is 0.250 e. The van der Waals surface area contributed by atoms with Gasteiger partial charge in [-0.2, -0.15) is 0 Å². The minimum atomic E-state index is -3.35. The molecule has 19 heavy (non-hydrogen) atoms. The largest absolute Gasteiger partial charge is 0.250 e. The minimum absolute atomic E-state index is 0.369. The van der Waals surface area contributed by atoms with Crippen molar-refractivity contribution >= 4 is 32.7 Å².